The van der Waals surface area contributed by atoms with Crippen LogP contribution in [0, 0.1) is 0 Å². The molecule has 1 fully saturated rings. The molecule has 0 radical (unpaired) electrons. The van der Waals surface area contributed by atoms with Crippen LogP contribution in [-0.2, 0) is 13.0 Å². The predicted molar refractivity (Wildman–Crippen MR) is 95.4 cm³/mol. The van der Waals surface area contributed by atoms with Gasteiger partial charge in [0.05, 0.1) is 0 Å². The monoisotopic (exact) mass is 345 g/mol. The summed E-state index contributed by atoms with van der Waals surface area (Å²) in [6.45, 7) is 1.04. The minimum absolute atomic E-state index is 0.166. The highest BCUT2D eigenvalue weighted by Crippen LogP contribution is 2.24. The molecule has 1 aliphatic carbocycles. The van der Waals surface area contributed by atoms with Gasteiger partial charge < -0.3 is 15.4 Å². The van der Waals surface area contributed by atoms with Crippen LogP contribution in [0.3, 0.4) is 0 Å². The van der Waals surface area contributed by atoms with Gasteiger partial charge >= 0.3 is 6.03 Å². The number of carbonyl (C=O) groups is 1. The summed E-state index contributed by atoms with van der Waals surface area (Å²) in [4.78, 5) is 16.2. The van der Waals surface area contributed by atoms with E-state index < -0.39 is 0 Å². The Labute approximate surface area is 146 Å². The SMILES string of the molecule is O=C(NCCc1ccsc1)NCc1cccnc1OC1CCCC1. The van der Waals surface area contributed by atoms with Gasteiger partial charge in [-0.05, 0) is 60.6 Å². The number of amides is 2. The molecule has 2 N–H and O–H groups in total. The fraction of sp³-hybridized carbons (Fsp3) is 0.444. The van der Waals surface area contributed by atoms with E-state index in [1.807, 2.05) is 17.5 Å². The summed E-state index contributed by atoms with van der Waals surface area (Å²) in [5.74, 6) is 0.642. The highest BCUT2D eigenvalue weighted by Gasteiger charge is 2.18. The lowest BCUT2D eigenvalue weighted by atomic mass is 10.2. The molecule has 128 valence electrons. The van der Waals surface area contributed by atoms with Gasteiger partial charge in [-0.3, -0.25) is 0 Å². The lowest BCUT2D eigenvalue weighted by molar-refractivity contribution is 0.198. The van der Waals surface area contributed by atoms with E-state index in [9.17, 15) is 4.79 Å². The number of rotatable bonds is 7. The minimum atomic E-state index is -0.166. The molecule has 6 heteroatoms. The zero-order valence-corrected chi connectivity index (χ0v) is 14.5. The molecule has 2 aromatic heterocycles. The summed E-state index contributed by atoms with van der Waals surface area (Å²) in [5, 5.41) is 9.90. The second kappa shape index (κ2) is 8.68. The van der Waals surface area contributed by atoms with Gasteiger partial charge in [0.15, 0.2) is 0 Å². The van der Waals surface area contributed by atoms with Gasteiger partial charge in [0.2, 0.25) is 5.88 Å². The van der Waals surface area contributed by atoms with E-state index in [2.05, 4.69) is 27.1 Å². The van der Waals surface area contributed by atoms with Gasteiger partial charge in [-0.1, -0.05) is 6.07 Å². The third-order valence-corrected chi connectivity index (χ3v) is 4.88. The van der Waals surface area contributed by atoms with Crippen LogP contribution in [0.4, 0.5) is 4.79 Å². The fourth-order valence-corrected chi connectivity index (χ4v) is 3.53. The van der Waals surface area contributed by atoms with Gasteiger partial charge in [-0.25, -0.2) is 9.78 Å². The van der Waals surface area contributed by atoms with Gasteiger partial charge in [0.1, 0.15) is 6.10 Å². The average Bonchev–Trinajstić information content (AvgIpc) is 3.28. The van der Waals surface area contributed by atoms with Crippen LogP contribution >= 0.6 is 11.3 Å². The molecular weight excluding hydrogens is 322 g/mol. The Hall–Kier alpha value is -2.08. The van der Waals surface area contributed by atoms with Crippen molar-refractivity contribution in [1.29, 1.82) is 0 Å². The molecule has 24 heavy (non-hydrogen) atoms. The lowest BCUT2D eigenvalue weighted by Crippen LogP contribution is -2.36. The Morgan fingerprint density at radius 1 is 1.29 bits per heavy atom. The molecule has 0 saturated heterocycles. The predicted octanol–water partition coefficient (Wildman–Crippen LogP) is 3.51. The number of carbonyl (C=O) groups excluding carboxylic acids is 1. The number of aromatic nitrogens is 1. The van der Waals surface area contributed by atoms with E-state index >= 15 is 0 Å². The van der Waals surface area contributed by atoms with E-state index in [0.29, 0.717) is 19.0 Å². The van der Waals surface area contributed by atoms with Gasteiger partial charge in [0.25, 0.3) is 0 Å². The normalized spacial score (nSPS) is 14.5. The highest BCUT2D eigenvalue weighted by atomic mass is 32.1. The molecule has 0 spiro atoms. The maximum atomic E-state index is 11.9. The van der Waals surface area contributed by atoms with E-state index in [1.165, 1.54) is 18.4 Å². The molecule has 1 saturated carbocycles. The third kappa shape index (κ3) is 4.96. The summed E-state index contributed by atoms with van der Waals surface area (Å²) in [5.41, 5.74) is 2.16. The number of nitrogens with one attached hydrogen (secondary N) is 2. The van der Waals surface area contributed by atoms with E-state index in [4.69, 9.17) is 4.74 Å². The van der Waals surface area contributed by atoms with Gasteiger partial charge in [0, 0.05) is 24.8 Å². The number of urea groups is 1. The van der Waals surface area contributed by atoms with Crippen molar-refractivity contribution in [3.63, 3.8) is 0 Å². The number of hydrogen-bond donors (Lipinski definition) is 2. The van der Waals surface area contributed by atoms with Gasteiger partial charge in [-0.15, -0.1) is 0 Å². The van der Waals surface area contributed by atoms with Crippen molar-refractivity contribution < 1.29 is 9.53 Å². The lowest BCUT2D eigenvalue weighted by Gasteiger charge is -2.15. The minimum Gasteiger partial charge on any atom is -0.474 e. The summed E-state index contributed by atoms with van der Waals surface area (Å²) in [7, 11) is 0. The number of pyridine rings is 1. The van der Waals surface area contributed by atoms with Gasteiger partial charge in [-0.2, -0.15) is 11.3 Å². The fourth-order valence-electron chi connectivity index (χ4n) is 2.82. The molecule has 0 unspecified atom stereocenters. The standard InChI is InChI=1S/C18H23N3O2S/c22-18(20-10-7-14-8-11-24-13-14)21-12-15-4-3-9-19-17(15)23-16-5-1-2-6-16/h3-4,8-9,11,13,16H,1-2,5-7,10,12H2,(H2,20,21,22). The van der Waals surface area contributed by atoms with Crippen LogP contribution in [0.1, 0.15) is 36.8 Å². The van der Waals surface area contributed by atoms with Crippen molar-refractivity contribution in [2.75, 3.05) is 6.54 Å². The molecular formula is C18H23N3O2S. The van der Waals surface area contributed by atoms with Crippen molar-refractivity contribution in [2.24, 2.45) is 0 Å². The van der Waals surface area contributed by atoms with Crippen molar-refractivity contribution in [2.45, 2.75) is 44.8 Å². The molecule has 0 atom stereocenters. The van der Waals surface area contributed by atoms with Crippen LogP contribution in [0.5, 0.6) is 5.88 Å². The first-order valence-electron chi connectivity index (χ1n) is 8.44. The molecule has 5 nitrogen and oxygen atoms in total. The quantitative estimate of drug-likeness (QED) is 0.807. The number of hydrogen-bond acceptors (Lipinski definition) is 4. The van der Waals surface area contributed by atoms with Crippen LogP contribution < -0.4 is 15.4 Å². The summed E-state index contributed by atoms with van der Waals surface area (Å²) >= 11 is 1.67. The number of thiophene rings is 1. The average molecular weight is 345 g/mol. The second-order valence-electron chi connectivity index (χ2n) is 5.98. The maximum Gasteiger partial charge on any atom is 0.315 e. The summed E-state index contributed by atoms with van der Waals surface area (Å²) < 4.78 is 5.99. The Balaban J connectivity index is 1.44. The molecule has 0 bridgehead atoms. The largest absolute Gasteiger partial charge is 0.474 e. The van der Waals surface area contributed by atoms with E-state index in [1.54, 1.807) is 17.5 Å². The molecule has 2 amide bonds. The molecule has 0 aliphatic heterocycles. The zero-order chi connectivity index (χ0) is 16.6. The Kier molecular flexibility index (Phi) is 6.07. The van der Waals surface area contributed by atoms with Crippen molar-refractivity contribution in [1.82, 2.24) is 15.6 Å². The first-order valence-corrected chi connectivity index (χ1v) is 9.39. The third-order valence-electron chi connectivity index (χ3n) is 4.15. The Morgan fingerprint density at radius 3 is 2.96 bits per heavy atom. The number of ether oxygens (including phenoxy) is 1. The van der Waals surface area contributed by atoms with Crippen molar-refractivity contribution in [3.05, 3.63) is 46.3 Å². The summed E-state index contributed by atoms with van der Waals surface area (Å²) in [6, 6.07) is 5.73. The Morgan fingerprint density at radius 2 is 2.17 bits per heavy atom. The van der Waals surface area contributed by atoms with Crippen molar-refractivity contribution >= 4 is 17.4 Å². The smallest absolute Gasteiger partial charge is 0.315 e. The molecule has 0 aromatic carbocycles. The second-order valence-corrected chi connectivity index (χ2v) is 6.76. The highest BCUT2D eigenvalue weighted by molar-refractivity contribution is 7.07. The molecule has 3 rings (SSSR count). The first-order chi connectivity index (χ1) is 11.8. The first kappa shape index (κ1) is 16.8. The van der Waals surface area contributed by atoms with E-state index in [-0.39, 0.29) is 12.1 Å². The topological polar surface area (TPSA) is 63.2 Å². The Bertz CT molecular complexity index is 639. The zero-order valence-electron chi connectivity index (χ0n) is 13.7. The number of nitrogens with zero attached hydrogens (tertiary/aromatic N) is 1. The molecule has 2 aromatic rings. The van der Waals surface area contributed by atoms with Crippen LogP contribution in [0.2, 0.25) is 0 Å². The molecule has 2 heterocycles. The molecule has 1 aliphatic rings. The maximum absolute atomic E-state index is 11.9. The van der Waals surface area contributed by atoms with Crippen molar-refractivity contribution in [3.8, 4) is 5.88 Å². The van der Waals surface area contributed by atoms with Crippen LogP contribution in [0.25, 0.3) is 0 Å². The summed E-state index contributed by atoms with van der Waals surface area (Å²) in [6.07, 6.45) is 7.46. The van der Waals surface area contributed by atoms with Crippen LogP contribution in [-0.4, -0.2) is 23.7 Å². The van der Waals surface area contributed by atoms with Crippen LogP contribution in [0.15, 0.2) is 35.2 Å². The van der Waals surface area contributed by atoms with E-state index in [0.717, 1.165) is 24.8 Å².